The van der Waals surface area contributed by atoms with E-state index in [0.29, 0.717) is 12.0 Å². The third-order valence-corrected chi connectivity index (χ3v) is 4.90. The van der Waals surface area contributed by atoms with Crippen molar-refractivity contribution in [3.8, 4) is 0 Å². The third kappa shape index (κ3) is 2.50. The van der Waals surface area contributed by atoms with Crippen LogP contribution in [0.3, 0.4) is 0 Å². The second kappa shape index (κ2) is 5.84. The van der Waals surface area contributed by atoms with Crippen LogP contribution >= 0.6 is 0 Å². The summed E-state index contributed by atoms with van der Waals surface area (Å²) in [6, 6.07) is 8.58. The van der Waals surface area contributed by atoms with Gasteiger partial charge in [-0.2, -0.15) is 0 Å². The number of nitrogens with zero attached hydrogens (tertiary/aromatic N) is 1. The van der Waals surface area contributed by atoms with Gasteiger partial charge in [-0.1, -0.05) is 38.1 Å². The van der Waals surface area contributed by atoms with Crippen LogP contribution < -0.4 is 0 Å². The van der Waals surface area contributed by atoms with E-state index in [1.165, 1.54) is 5.56 Å². The van der Waals surface area contributed by atoms with E-state index in [9.17, 15) is 5.11 Å². The number of rotatable bonds is 2. The molecule has 110 valence electrons. The molecule has 1 heterocycles. The molecule has 3 rings (SSSR count). The molecule has 0 spiro atoms. The predicted molar refractivity (Wildman–Crippen MR) is 79.8 cm³/mol. The Morgan fingerprint density at radius 2 is 2.05 bits per heavy atom. The Morgan fingerprint density at radius 3 is 2.80 bits per heavy atom. The molecular formula is C17H25NO2. The SMILES string of the molecule is CCC1CN(C2CC(C)c3ccccc3C2O)CCO1. The lowest BCUT2D eigenvalue weighted by Crippen LogP contribution is -2.51. The van der Waals surface area contributed by atoms with Crippen LogP contribution in [-0.4, -0.2) is 41.8 Å². The second-order valence-electron chi connectivity index (χ2n) is 6.17. The van der Waals surface area contributed by atoms with Gasteiger partial charge in [-0.25, -0.2) is 0 Å². The van der Waals surface area contributed by atoms with E-state index >= 15 is 0 Å². The summed E-state index contributed by atoms with van der Waals surface area (Å²) < 4.78 is 5.76. The molecule has 1 saturated heterocycles. The zero-order valence-electron chi connectivity index (χ0n) is 12.5. The average molecular weight is 275 g/mol. The van der Waals surface area contributed by atoms with Crippen LogP contribution in [0.1, 0.15) is 49.8 Å². The predicted octanol–water partition coefficient (Wildman–Crippen LogP) is 2.71. The first-order chi connectivity index (χ1) is 9.70. The van der Waals surface area contributed by atoms with Crippen molar-refractivity contribution in [1.82, 2.24) is 4.90 Å². The van der Waals surface area contributed by atoms with E-state index in [4.69, 9.17) is 4.74 Å². The summed E-state index contributed by atoms with van der Waals surface area (Å²) in [4.78, 5) is 2.44. The molecule has 1 aromatic rings. The van der Waals surface area contributed by atoms with Crippen molar-refractivity contribution in [2.75, 3.05) is 19.7 Å². The van der Waals surface area contributed by atoms with Gasteiger partial charge in [0.2, 0.25) is 0 Å². The van der Waals surface area contributed by atoms with Gasteiger partial charge in [0, 0.05) is 19.1 Å². The fourth-order valence-electron chi connectivity index (χ4n) is 3.69. The summed E-state index contributed by atoms with van der Waals surface area (Å²) in [5.74, 6) is 0.516. The highest BCUT2D eigenvalue weighted by molar-refractivity contribution is 5.35. The van der Waals surface area contributed by atoms with Gasteiger partial charge in [-0.3, -0.25) is 4.90 Å². The Kier molecular flexibility index (Phi) is 4.11. The van der Waals surface area contributed by atoms with Crippen LogP contribution in [0.15, 0.2) is 24.3 Å². The Labute approximate surface area is 121 Å². The summed E-state index contributed by atoms with van der Waals surface area (Å²) >= 11 is 0. The maximum absolute atomic E-state index is 10.8. The molecule has 20 heavy (non-hydrogen) atoms. The molecule has 3 heteroatoms. The molecule has 0 aromatic heterocycles. The highest BCUT2D eigenvalue weighted by atomic mass is 16.5. The minimum atomic E-state index is -0.363. The average Bonchev–Trinajstić information content (AvgIpc) is 2.51. The molecule has 4 unspecified atom stereocenters. The Morgan fingerprint density at radius 1 is 1.30 bits per heavy atom. The standard InChI is InChI=1S/C17H25NO2/c1-3-13-11-18(8-9-20-13)16-10-12(2)14-6-4-5-7-15(14)17(16)19/h4-7,12-13,16-17,19H,3,8-11H2,1-2H3. The third-order valence-electron chi connectivity index (χ3n) is 4.90. The van der Waals surface area contributed by atoms with Gasteiger partial charge in [-0.05, 0) is 29.9 Å². The van der Waals surface area contributed by atoms with Gasteiger partial charge in [0.15, 0.2) is 0 Å². The molecule has 1 aliphatic heterocycles. The molecule has 2 aliphatic rings. The van der Waals surface area contributed by atoms with E-state index in [-0.39, 0.29) is 12.1 Å². The molecule has 1 aliphatic carbocycles. The van der Waals surface area contributed by atoms with Crippen molar-refractivity contribution in [3.63, 3.8) is 0 Å². The maximum atomic E-state index is 10.8. The first-order valence-electron chi connectivity index (χ1n) is 7.83. The zero-order valence-corrected chi connectivity index (χ0v) is 12.5. The van der Waals surface area contributed by atoms with E-state index in [0.717, 1.165) is 38.1 Å². The number of benzene rings is 1. The Bertz CT molecular complexity index is 462. The van der Waals surface area contributed by atoms with Crippen molar-refractivity contribution >= 4 is 0 Å². The van der Waals surface area contributed by atoms with E-state index < -0.39 is 0 Å². The lowest BCUT2D eigenvalue weighted by atomic mass is 9.78. The lowest BCUT2D eigenvalue weighted by molar-refractivity contribution is -0.0715. The maximum Gasteiger partial charge on any atom is 0.0948 e. The van der Waals surface area contributed by atoms with E-state index in [2.05, 4.69) is 36.9 Å². The highest BCUT2D eigenvalue weighted by Crippen LogP contribution is 2.39. The number of hydrogen-bond acceptors (Lipinski definition) is 3. The molecule has 0 radical (unpaired) electrons. The van der Waals surface area contributed by atoms with Crippen LogP contribution in [0.5, 0.6) is 0 Å². The summed E-state index contributed by atoms with van der Waals surface area (Å²) in [7, 11) is 0. The highest BCUT2D eigenvalue weighted by Gasteiger charge is 2.37. The number of ether oxygens (including phenoxy) is 1. The Balaban J connectivity index is 1.82. The minimum absolute atomic E-state index is 0.234. The summed E-state index contributed by atoms with van der Waals surface area (Å²) in [5.41, 5.74) is 2.44. The van der Waals surface area contributed by atoms with Gasteiger partial charge in [-0.15, -0.1) is 0 Å². The fourth-order valence-corrected chi connectivity index (χ4v) is 3.69. The minimum Gasteiger partial charge on any atom is -0.387 e. The first kappa shape index (κ1) is 14.1. The van der Waals surface area contributed by atoms with Gasteiger partial charge in [0.25, 0.3) is 0 Å². The fraction of sp³-hybridized carbons (Fsp3) is 0.647. The molecule has 4 atom stereocenters. The normalized spacial score (nSPS) is 34.8. The number of fused-ring (bicyclic) bond motifs is 1. The van der Waals surface area contributed by atoms with Gasteiger partial charge in [0.1, 0.15) is 0 Å². The lowest BCUT2D eigenvalue weighted by Gasteiger charge is -2.44. The molecule has 0 saturated carbocycles. The molecule has 1 aromatic carbocycles. The summed E-state index contributed by atoms with van der Waals surface area (Å²) in [6.07, 6.45) is 2.04. The zero-order chi connectivity index (χ0) is 14.1. The van der Waals surface area contributed by atoms with Crippen LogP contribution in [-0.2, 0) is 4.74 Å². The van der Waals surface area contributed by atoms with Crippen molar-refractivity contribution in [3.05, 3.63) is 35.4 Å². The number of aliphatic hydroxyl groups is 1. The molecule has 1 fully saturated rings. The largest absolute Gasteiger partial charge is 0.387 e. The van der Waals surface area contributed by atoms with Gasteiger partial charge in [0.05, 0.1) is 18.8 Å². The molecule has 0 amide bonds. The number of morpholine rings is 1. The van der Waals surface area contributed by atoms with E-state index in [1.54, 1.807) is 0 Å². The monoisotopic (exact) mass is 275 g/mol. The van der Waals surface area contributed by atoms with Crippen LogP contribution in [0.25, 0.3) is 0 Å². The van der Waals surface area contributed by atoms with Crippen molar-refractivity contribution in [1.29, 1.82) is 0 Å². The summed E-state index contributed by atoms with van der Waals surface area (Å²) in [5, 5.41) is 10.8. The van der Waals surface area contributed by atoms with Crippen molar-refractivity contribution in [2.24, 2.45) is 0 Å². The van der Waals surface area contributed by atoms with E-state index in [1.807, 2.05) is 6.07 Å². The molecule has 3 nitrogen and oxygen atoms in total. The van der Waals surface area contributed by atoms with Gasteiger partial charge >= 0.3 is 0 Å². The quantitative estimate of drug-likeness (QED) is 0.901. The number of hydrogen-bond donors (Lipinski definition) is 1. The topological polar surface area (TPSA) is 32.7 Å². The van der Waals surface area contributed by atoms with Crippen LogP contribution in [0, 0.1) is 0 Å². The first-order valence-corrected chi connectivity index (χ1v) is 7.83. The molecule has 0 bridgehead atoms. The number of aliphatic hydroxyl groups excluding tert-OH is 1. The molecular weight excluding hydrogens is 250 g/mol. The van der Waals surface area contributed by atoms with Gasteiger partial charge < -0.3 is 9.84 Å². The smallest absolute Gasteiger partial charge is 0.0948 e. The summed E-state index contributed by atoms with van der Waals surface area (Å²) in [6.45, 7) is 7.12. The van der Waals surface area contributed by atoms with Crippen LogP contribution in [0.4, 0.5) is 0 Å². The Hall–Kier alpha value is -0.900. The van der Waals surface area contributed by atoms with Crippen molar-refractivity contribution < 1.29 is 9.84 Å². The van der Waals surface area contributed by atoms with Crippen molar-refractivity contribution in [2.45, 2.75) is 50.9 Å². The molecule has 1 N–H and O–H groups in total. The second-order valence-corrected chi connectivity index (χ2v) is 6.17. The van der Waals surface area contributed by atoms with Crippen LogP contribution in [0.2, 0.25) is 0 Å².